The number of hydrogen-bond acceptors (Lipinski definition) is 4. The smallest absolute Gasteiger partial charge is 0.189 e. The second kappa shape index (κ2) is 8.10. The third kappa shape index (κ3) is 3.86. The van der Waals surface area contributed by atoms with Crippen LogP contribution in [-0.4, -0.2) is 37.1 Å². The fourth-order valence-corrected chi connectivity index (χ4v) is 4.67. The molecular weight excluding hydrogens is 344 g/mol. The topological polar surface area (TPSA) is 62.9 Å². The largest absolute Gasteiger partial charge is 0.493 e. The number of para-hydroxylation sites is 1. The van der Waals surface area contributed by atoms with Crippen LogP contribution in [0.15, 0.2) is 46.8 Å². The zero-order chi connectivity index (χ0) is 17.8. The van der Waals surface area contributed by atoms with Crippen molar-refractivity contribution in [2.75, 3.05) is 26.2 Å². The van der Waals surface area contributed by atoms with Crippen LogP contribution in [0, 0.1) is 0 Å². The van der Waals surface area contributed by atoms with Crippen molar-refractivity contribution in [1.82, 2.24) is 10.2 Å². The summed E-state index contributed by atoms with van der Waals surface area (Å²) in [6, 6.07) is 13.0. The molecule has 2 atom stereocenters. The Bertz CT molecular complexity index is 740. The standard InChI is InChI=1S/C20H26N4OS/c21-20(23-16-9-12-25-18-7-2-1-6-15(16)18)22-14-17(19-8-5-13-26-19)24-10-3-4-11-24/h1-2,5-8,13,16-17H,3-4,9-12,14H2,(H3,21,22,23). The summed E-state index contributed by atoms with van der Waals surface area (Å²) in [5.41, 5.74) is 7.40. The minimum atomic E-state index is 0.163. The van der Waals surface area contributed by atoms with Crippen LogP contribution in [0.25, 0.3) is 0 Å². The second-order valence-electron chi connectivity index (χ2n) is 6.87. The summed E-state index contributed by atoms with van der Waals surface area (Å²) >= 11 is 1.81. The Kier molecular flexibility index (Phi) is 5.41. The van der Waals surface area contributed by atoms with Crippen LogP contribution in [0.4, 0.5) is 0 Å². The number of ether oxygens (including phenoxy) is 1. The highest BCUT2D eigenvalue weighted by atomic mass is 32.1. The summed E-state index contributed by atoms with van der Waals surface area (Å²) < 4.78 is 5.72. The number of guanidine groups is 1. The molecule has 3 N–H and O–H groups in total. The first-order chi connectivity index (χ1) is 12.8. The third-order valence-corrected chi connectivity index (χ3v) is 6.14. The number of nitrogens with two attached hydrogens (primary N) is 1. The highest BCUT2D eigenvalue weighted by Crippen LogP contribution is 2.31. The van der Waals surface area contributed by atoms with Crippen LogP contribution in [0.3, 0.4) is 0 Å². The van der Waals surface area contributed by atoms with E-state index in [0.29, 0.717) is 25.2 Å². The van der Waals surface area contributed by atoms with E-state index in [4.69, 9.17) is 15.5 Å². The molecule has 3 heterocycles. The molecule has 26 heavy (non-hydrogen) atoms. The number of hydrogen-bond donors (Lipinski definition) is 2. The molecule has 5 nitrogen and oxygen atoms in total. The zero-order valence-electron chi connectivity index (χ0n) is 14.9. The number of likely N-dealkylation sites (tertiary alicyclic amines) is 1. The molecule has 4 rings (SSSR count). The molecule has 1 fully saturated rings. The van der Waals surface area contributed by atoms with E-state index in [-0.39, 0.29) is 6.04 Å². The first-order valence-corrected chi connectivity index (χ1v) is 10.2. The first-order valence-electron chi connectivity index (χ1n) is 9.37. The van der Waals surface area contributed by atoms with Crippen LogP contribution in [0.5, 0.6) is 5.75 Å². The van der Waals surface area contributed by atoms with Crippen LogP contribution >= 0.6 is 11.3 Å². The molecule has 1 aromatic carbocycles. The molecule has 1 saturated heterocycles. The molecule has 2 aliphatic rings. The Morgan fingerprint density at radius 1 is 1.27 bits per heavy atom. The predicted molar refractivity (Wildman–Crippen MR) is 107 cm³/mol. The summed E-state index contributed by atoms with van der Waals surface area (Å²) in [5.74, 6) is 1.46. The highest BCUT2D eigenvalue weighted by Gasteiger charge is 2.25. The Balaban J connectivity index is 1.44. The van der Waals surface area contributed by atoms with Gasteiger partial charge in [0.2, 0.25) is 0 Å². The van der Waals surface area contributed by atoms with Crippen molar-refractivity contribution in [3.63, 3.8) is 0 Å². The van der Waals surface area contributed by atoms with Crippen molar-refractivity contribution >= 4 is 17.3 Å². The summed E-state index contributed by atoms with van der Waals surface area (Å²) in [6.45, 7) is 3.70. The Morgan fingerprint density at radius 2 is 2.12 bits per heavy atom. The van der Waals surface area contributed by atoms with Crippen LogP contribution in [0.2, 0.25) is 0 Å². The monoisotopic (exact) mass is 370 g/mol. The van der Waals surface area contributed by atoms with Gasteiger partial charge in [-0.15, -0.1) is 11.3 Å². The molecular formula is C20H26N4OS. The minimum Gasteiger partial charge on any atom is -0.493 e. The van der Waals surface area contributed by atoms with E-state index < -0.39 is 0 Å². The van der Waals surface area contributed by atoms with E-state index in [1.807, 2.05) is 29.5 Å². The molecule has 0 radical (unpaired) electrons. The molecule has 138 valence electrons. The maximum Gasteiger partial charge on any atom is 0.189 e. The molecule has 2 unspecified atom stereocenters. The predicted octanol–water partition coefficient (Wildman–Crippen LogP) is 3.31. The van der Waals surface area contributed by atoms with Gasteiger partial charge < -0.3 is 15.8 Å². The lowest BCUT2D eigenvalue weighted by molar-refractivity contribution is 0.254. The number of nitrogens with one attached hydrogen (secondary N) is 1. The summed E-state index contributed by atoms with van der Waals surface area (Å²) in [7, 11) is 0. The van der Waals surface area contributed by atoms with Gasteiger partial charge in [-0.2, -0.15) is 0 Å². The van der Waals surface area contributed by atoms with E-state index in [2.05, 4.69) is 33.8 Å². The zero-order valence-corrected chi connectivity index (χ0v) is 15.8. The number of rotatable bonds is 5. The summed E-state index contributed by atoms with van der Waals surface area (Å²) in [4.78, 5) is 8.61. The fraction of sp³-hybridized carbons (Fsp3) is 0.450. The van der Waals surface area contributed by atoms with Gasteiger partial charge in [0.1, 0.15) is 5.75 Å². The normalized spacial score (nSPS) is 21.8. The van der Waals surface area contributed by atoms with Gasteiger partial charge >= 0.3 is 0 Å². The van der Waals surface area contributed by atoms with Gasteiger partial charge in [0.25, 0.3) is 0 Å². The number of fused-ring (bicyclic) bond motifs is 1. The van der Waals surface area contributed by atoms with E-state index in [9.17, 15) is 0 Å². The quantitative estimate of drug-likeness (QED) is 0.626. The van der Waals surface area contributed by atoms with E-state index in [1.54, 1.807) is 0 Å². The van der Waals surface area contributed by atoms with Gasteiger partial charge in [-0.1, -0.05) is 24.3 Å². The number of thiophene rings is 1. The molecule has 0 spiro atoms. The Hall–Kier alpha value is -2.05. The number of nitrogens with zero attached hydrogens (tertiary/aromatic N) is 2. The van der Waals surface area contributed by atoms with Crippen molar-refractivity contribution in [2.24, 2.45) is 10.7 Å². The average molecular weight is 371 g/mol. The number of benzene rings is 1. The SMILES string of the molecule is NC(=NCC(c1cccs1)N1CCCC1)NC1CCOc2ccccc21. The maximum absolute atomic E-state index is 6.24. The van der Waals surface area contributed by atoms with Crippen molar-refractivity contribution in [2.45, 2.75) is 31.3 Å². The minimum absolute atomic E-state index is 0.163. The summed E-state index contributed by atoms with van der Waals surface area (Å²) in [5, 5.41) is 5.54. The lowest BCUT2D eigenvalue weighted by Gasteiger charge is -2.28. The third-order valence-electron chi connectivity index (χ3n) is 5.17. The van der Waals surface area contributed by atoms with Crippen LogP contribution < -0.4 is 15.8 Å². The van der Waals surface area contributed by atoms with Gasteiger partial charge in [-0.05, 0) is 43.4 Å². The maximum atomic E-state index is 6.24. The van der Waals surface area contributed by atoms with Crippen molar-refractivity contribution in [3.05, 3.63) is 52.2 Å². The fourth-order valence-electron chi connectivity index (χ4n) is 3.82. The van der Waals surface area contributed by atoms with E-state index in [0.717, 1.165) is 30.8 Å². The van der Waals surface area contributed by atoms with Crippen molar-refractivity contribution in [1.29, 1.82) is 0 Å². The van der Waals surface area contributed by atoms with Crippen LogP contribution in [-0.2, 0) is 0 Å². The molecule has 2 aromatic rings. The molecule has 0 aliphatic carbocycles. The van der Waals surface area contributed by atoms with E-state index >= 15 is 0 Å². The molecule has 0 bridgehead atoms. The van der Waals surface area contributed by atoms with Gasteiger partial charge in [0.05, 0.1) is 25.2 Å². The molecule has 0 amide bonds. The summed E-state index contributed by atoms with van der Waals surface area (Å²) in [6.07, 6.45) is 3.45. The van der Waals surface area contributed by atoms with E-state index in [1.165, 1.54) is 17.7 Å². The molecule has 1 aromatic heterocycles. The van der Waals surface area contributed by atoms with Crippen molar-refractivity contribution < 1.29 is 4.74 Å². The molecule has 2 aliphatic heterocycles. The Labute approximate surface area is 158 Å². The van der Waals surface area contributed by atoms with Gasteiger partial charge in [-0.3, -0.25) is 9.89 Å². The number of aliphatic imine (C=N–C) groups is 1. The lowest BCUT2D eigenvalue weighted by atomic mass is 10.0. The van der Waals surface area contributed by atoms with Crippen molar-refractivity contribution in [3.8, 4) is 5.75 Å². The lowest BCUT2D eigenvalue weighted by Crippen LogP contribution is -2.38. The Morgan fingerprint density at radius 3 is 2.92 bits per heavy atom. The molecule has 0 saturated carbocycles. The van der Waals surface area contributed by atoms with Gasteiger partial charge in [0, 0.05) is 16.9 Å². The second-order valence-corrected chi connectivity index (χ2v) is 7.85. The van der Waals surface area contributed by atoms with Gasteiger partial charge in [-0.25, -0.2) is 0 Å². The average Bonchev–Trinajstić information content (AvgIpc) is 3.37. The first kappa shape index (κ1) is 17.4. The molecule has 6 heteroatoms. The van der Waals surface area contributed by atoms with Crippen LogP contribution in [0.1, 0.15) is 41.8 Å². The van der Waals surface area contributed by atoms with Gasteiger partial charge in [0.15, 0.2) is 5.96 Å². The highest BCUT2D eigenvalue weighted by molar-refractivity contribution is 7.10.